The Morgan fingerprint density at radius 1 is 0.737 bits per heavy atom. The third-order valence-corrected chi connectivity index (χ3v) is 6.03. The van der Waals surface area contributed by atoms with Crippen molar-refractivity contribution in [3.8, 4) is 0 Å². The number of ether oxygens (including phenoxy) is 1. The van der Waals surface area contributed by atoms with Gasteiger partial charge in [-0.15, -0.1) is 0 Å². The largest absolute Gasteiger partial charge is 0.405 e. The number of nitro groups is 1. The highest BCUT2D eigenvalue weighted by molar-refractivity contribution is 5.57. The fourth-order valence-electron chi connectivity index (χ4n) is 4.31. The summed E-state index contributed by atoms with van der Waals surface area (Å²) in [5.74, 6) is 0. The van der Waals surface area contributed by atoms with Crippen LogP contribution in [0.1, 0.15) is 16.7 Å². The van der Waals surface area contributed by atoms with Gasteiger partial charge < -0.3 is 14.5 Å². The van der Waals surface area contributed by atoms with Crippen LogP contribution in [0.2, 0.25) is 0 Å². The molecule has 0 bridgehead atoms. The summed E-state index contributed by atoms with van der Waals surface area (Å²) in [6.07, 6.45) is -8.82. The summed E-state index contributed by atoms with van der Waals surface area (Å²) in [5.41, 5.74) is 0.114. The van der Waals surface area contributed by atoms with Gasteiger partial charge in [0.2, 0.25) is 0 Å². The van der Waals surface area contributed by atoms with E-state index in [0.29, 0.717) is 16.7 Å². The standard InChI is InChI=1S/C26H25F6N3O3/c1-33(16-24(27,28)29)21-11-7-18(8-12-21)26(38-3,20-5-4-6-23(15-20)35(36)37)19-9-13-22(14-10-19)34(2)17-25(30,31)32/h4-15H,16-17H2,1-3H3. The maximum Gasteiger partial charge on any atom is 0.405 e. The van der Waals surface area contributed by atoms with E-state index in [1.165, 1.54) is 63.7 Å². The quantitative estimate of drug-likeness (QED) is 0.133. The number of alkyl halides is 6. The molecule has 0 saturated carbocycles. The molecule has 3 rings (SSSR count). The molecule has 38 heavy (non-hydrogen) atoms. The molecule has 3 aromatic rings. The van der Waals surface area contributed by atoms with Crippen molar-refractivity contribution >= 4 is 17.1 Å². The van der Waals surface area contributed by atoms with Crippen LogP contribution in [0.3, 0.4) is 0 Å². The van der Waals surface area contributed by atoms with Crippen LogP contribution in [-0.2, 0) is 10.3 Å². The van der Waals surface area contributed by atoms with Gasteiger partial charge in [0.25, 0.3) is 5.69 Å². The van der Waals surface area contributed by atoms with Gasteiger partial charge in [0.1, 0.15) is 18.7 Å². The first-order valence-corrected chi connectivity index (χ1v) is 11.2. The summed E-state index contributed by atoms with van der Waals surface area (Å²) in [5, 5.41) is 11.5. The topological polar surface area (TPSA) is 58.8 Å². The second-order valence-corrected chi connectivity index (χ2v) is 8.73. The van der Waals surface area contributed by atoms with E-state index >= 15 is 0 Å². The number of benzene rings is 3. The average Bonchev–Trinajstić information content (AvgIpc) is 2.84. The molecule has 0 atom stereocenters. The minimum absolute atomic E-state index is 0.216. The number of nitro benzene ring substituents is 1. The molecule has 0 aliphatic carbocycles. The lowest BCUT2D eigenvalue weighted by Crippen LogP contribution is -2.33. The number of hydrogen-bond acceptors (Lipinski definition) is 5. The molecule has 0 aromatic heterocycles. The molecule has 0 N–H and O–H groups in total. The molecule has 0 fully saturated rings. The van der Waals surface area contributed by atoms with Crippen molar-refractivity contribution in [3.05, 3.63) is 99.6 Å². The van der Waals surface area contributed by atoms with Crippen molar-refractivity contribution in [2.24, 2.45) is 0 Å². The molecule has 0 saturated heterocycles. The predicted octanol–water partition coefficient (Wildman–Crippen LogP) is 6.53. The van der Waals surface area contributed by atoms with Gasteiger partial charge in [-0.2, -0.15) is 26.3 Å². The Bertz CT molecular complexity index is 1180. The lowest BCUT2D eigenvalue weighted by Gasteiger charge is -2.35. The van der Waals surface area contributed by atoms with Gasteiger partial charge in [-0.25, -0.2) is 0 Å². The van der Waals surface area contributed by atoms with E-state index < -0.39 is 36.0 Å². The molecule has 0 spiro atoms. The van der Waals surface area contributed by atoms with Crippen molar-refractivity contribution in [1.29, 1.82) is 0 Å². The fourth-order valence-corrected chi connectivity index (χ4v) is 4.31. The molecule has 0 radical (unpaired) electrons. The van der Waals surface area contributed by atoms with E-state index in [0.717, 1.165) is 9.80 Å². The van der Waals surface area contributed by atoms with Gasteiger partial charge in [0.15, 0.2) is 0 Å². The Morgan fingerprint density at radius 3 is 1.50 bits per heavy atom. The van der Waals surface area contributed by atoms with Crippen LogP contribution in [0.25, 0.3) is 0 Å². The van der Waals surface area contributed by atoms with Crippen LogP contribution in [0.15, 0.2) is 72.8 Å². The van der Waals surface area contributed by atoms with E-state index in [9.17, 15) is 36.5 Å². The van der Waals surface area contributed by atoms with Gasteiger partial charge in [-0.3, -0.25) is 10.1 Å². The van der Waals surface area contributed by atoms with E-state index in [1.54, 1.807) is 30.3 Å². The molecular weight excluding hydrogens is 516 g/mol. The Balaban J connectivity index is 2.13. The van der Waals surface area contributed by atoms with Crippen molar-refractivity contribution in [1.82, 2.24) is 0 Å². The van der Waals surface area contributed by atoms with Crippen LogP contribution >= 0.6 is 0 Å². The maximum atomic E-state index is 12.9. The minimum Gasteiger partial charge on any atom is -0.366 e. The van der Waals surface area contributed by atoms with Crippen LogP contribution in [-0.4, -0.2) is 51.6 Å². The van der Waals surface area contributed by atoms with Crippen molar-refractivity contribution in [3.63, 3.8) is 0 Å². The minimum atomic E-state index is -4.41. The van der Waals surface area contributed by atoms with Gasteiger partial charge in [0, 0.05) is 44.7 Å². The SMILES string of the molecule is COC(c1ccc(N(C)CC(F)(F)F)cc1)(c1ccc(N(C)CC(F)(F)F)cc1)c1cccc([N+](=O)[O-])c1. The smallest absolute Gasteiger partial charge is 0.366 e. The molecule has 0 heterocycles. The van der Waals surface area contributed by atoms with Crippen LogP contribution in [0.5, 0.6) is 0 Å². The summed E-state index contributed by atoms with van der Waals surface area (Å²) in [7, 11) is 3.96. The Kier molecular flexibility index (Phi) is 8.25. The molecule has 0 aliphatic heterocycles. The Morgan fingerprint density at radius 2 is 1.16 bits per heavy atom. The first-order valence-electron chi connectivity index (χ1n) is 11.2. The second kappa shape index (κ2) is 10.9. The second-order valence-electron chi connectivity index (χ2n) is 8.73. The van der Waals surface area contributed by atoms with E-state index in [-0.39, 0.29) is 17.1 Å². The zero-order valence-electron chi connectivity index (χ0n) is 20.7. The average molecular weight is 541 g/mol. The zero-order valence-corrected chi connectivity index (χ0v) is 20.7. The van der Waals surface area contributed by atoms with Gasteiger partial charge in [0.05, 0.1) is 4.92 Å². The Hall–Kier alpha value is -3.80. The van der Waals surface area contributed by atoms with Crippen LogP contribution < -0.4 is 9.80 Å². The number of non-ortho nitro benzene ring substituents is 1. The number of methoxy groups -OCH3 is 1. The van der Waals surface area contributed by atoms with Crippen LogP contribution in [0, 0.1) is 10.1 Å². The third-order valence-electron chi connectivity index (χ3n) is 6.03. The fraction of sp³-hybridized carbons (Fsp3) is 0.308. The van der Waals surface area contributed by atoms with Crippen molar-refractivity contribution < 1.29 is 36.0 Å². The monoisotopic (exact) mass is 541 g/mol. The maximum absolute atomic E-state index is 12.9. The number of anilines is 2. The summed E-state index contributed by atoms with van der Waals surface area (Å²) < 4.78 is 83.1. The molecule has 6 nitrogen and oxygen atoms in total. The number of halogens is 6. The van der Waals surface area contributed by atoms with Crippen molar-refractivity contribution in [2.75, 3.05) is 44.1 Å². The highest BCUT2D eigenvalue weighted by atomic mass is 19.4. The zero-order chi connectivity index (χ0) is 28.3. The third kappa shape index (κ3) is 6.55. The lowest BCUT2D eigenvalue weighted by atomic mass is 9.79. The van der Waals surface area contributed by atoms with Gasteiger partial charge in [-0.05, 0) is 41.0 Å². The van der Waals surface area contributed by atoms with E-state index in [2.05, 4.69) is 0 Å². The summed E-state index contributed by atoms with van der Waals surface area (Å²) in [4.78, 5) is 13.0. The summed E-state index contributed by atoms with van der Waals surface area (Å²) in [6.45, 7) is -2.33. The summed E-state index contributed by atoms with van der Waals surface area (Å²) in [6, 6.07) is 17.8. The molecular formula is C26H25F6N3O3. The van der Waals surface area contributed by atoms with Gasteiger partial charge in [-0.1, -0.05) is 36.4 Å². The first kappa shape index (κ1) is 28.8. The van der Waals surface area contributed by atoms with Crippen molar-refractivity contribution in [2.45, 2.75) is 18.0 Å². The summed E-state index contributed by atoms with van der Waals surface area (Å²) >= 11 is 0. The number of hydrogen-bond donors (Lipinski definition) is 0. The molecule has 204 valence electrons. The highest BCUT2D eigenvalue weighted by Crippen LogP contribution is 2.42. The first-order chi connectivity index (χ1) is 17.7. The van der Waals surface area contributed by atoms with Crippen LogP contribution in [0.4, 0.5) is 43.4 Å². The van der Waals surface area contributed by atoms with Gasteiger partial charge >= 0.3 is 12.4 Å². The lowest BCUT2D eigenvalue weighted by molar-refractivity contribution is -0.385. The highest BCUT2D eigenvalue weighted by Gasteiger charge is 2.38. The molecule has 0 aliphatic rings. The molecule has 12 heteroatoms. The van der Waals surface area contributed by atoms with E-state index in [4.69, 9.17) is 4.74 Å². The molecule has 0 amide bonds. The normalized spacial score (nSPS) is 12.3. The number of rotatable bonds is 9. The van der Waals surface area contributed by atoms with E-state index in [1.807, 2.05) is 0 Å². The molecule has 0 unspecified atom stereocenters. The molecule has 3 aromatic carbocycles. The number of nitrogens with zero attached hydrogens (tertiary/aromatic N) is 3. The predicted molar refractivity (Wildman–Crippen MR) is 132 cm³/mol. The Labute approximate surface area is 215 Å².